The van der Waals surface area contributed by atoms with E-state index in [1.807, 2.05) is 60.7 Å². The Labute approximate surface area is 191 Å². The van der Waals surface area contributed by atoms with Crippen molar-refractivity contribution >= 4 is 18.9 Å². The van der Waals surface area contributed by atoms with Crippen LogP contribution >= 0.6 is 7.60 Å². The van der Waals surface area contributed by atoms with E-state index in [-0.39, 0.29) is 23.1 Å². The fourth-order valence-electron chi connectivity index (χ4n) is 3.55. The van der Waals surface area contributed by atoms with Crippen LogP contribution in [0.15, 0.2) is 89.3 Å². The molecule has 0 fully saturated rings. The van der Waals surface area contributed by atoms with Gasteiger partial charge in [-0.1, -0.05) is 72.8 Å². The lowest BCUT2D eigenvalue weighted by atomic mass is 9.91. The van der Waals surface area contributed by atoms with E-state index in [9.17, 15) is 8.96 Å². The van der Waals surface area contributed by atoms with Gasteiger partial charge in [-0.2, -0.15) is 0 Å². The molecule has 0 spiro atoms. The first kappa shape index (κ1) is 22.9. The number of benzene rings is 3. The van der Waals surface area contributed by atoms with Crippen LogP contribution in [0.5, 0.6) is 0 Å². The molecule has 0 saturated heterocycles. The Kier molecular flexibility index (Phi) is 7.04. The van der Waals surface area contributed by atoms with E-state index < -0.39 is 7.60 Å². The van der Waals surface area contributed by atoms with Gasteiger partial charge in [0.05, 0.1) is 5.92 Å². The first-order chi connectivity index (χ1) is 16.0. The Bertz CT molecular complexity index is 1180. The summed E-state index contributed by atoms with van der Waals surface area (Å²) >= 11 is 0. The molecule has 4 rings (SSSR count). The summed E-state index contributed by atoms with van der Waals surface area (Å²) in [6.07, 6.45) is 0. The summed E-state index contributed by atoms with van der Waals surface area (Å²) in [6, 6.07) is 25.6. The second-order valence-corrected chi connectivity index (χ2v) is 9.45. The third-order valence-electron chi connectivity index (χ3n) is 5.25. The molecule has 33 heavy (non-hydrogen) atoms. The maximum atomic E-state index is 13.3. The zero-order valence-electron chi connectivity index (χ0n) is 18.3. The summed E-state index contributed by atoms with van der Waals surface area (Å²) in [5, 5.41) is 3.12. The molecular weight excluding hydrogens is 442 g/mol. The first-order valence-corrected chi connectivity index (χ1v) is 11.9. The fourth-order valence-corrected chi connectivity index (χ4v) is 4.64. The van der Waals surface area contributed by atoms with Gasteiger partial charge in [-0.25, -0.2) is 9.37 Å². The summed E-state index contributed by atoms with van der Waals surface area (Å²) in [5.41, 5.74) is 2.80. The largest absolute Gasteiger partial charge is 0.423 e. The van der Waals surface area contributed by atoms with Crippen molar-refractivity contribution in [3.63, 3.8) is 0 Å². The maximum absolute atomic E-state index is 13.3. The molecule has 1 aromatic heterocycles. The molecule has 0 atom stereocenters. The zero-order chi connectivity index (χ0) is 23.3. The summed E-state index contributed by atoms with van der Waals surface area (Å²) in [4.78, 5) is 4.60. The number of rotatable bonds is 9. The molecule has 0 saturated carbocycles. The summed E-state index contributed by atoms with van der Waals surface area (Å²) in [5.74, 6) is -0.135. The molecule has 4 aromatic rings. The molecule has 0 radical (unpaired) electrons. The Morgan fingerprint density at radius 2 is 1.45 bits per heavy atom. The van der Waals surface area contributed by atoms with E-state index in [1.54, 1.807) is 12.1 Å². The predicted molar refractivity (Wildman–Crippen MR) is 125 cm³/mol. The van der Waals surface area contributed by atoms with Crippen LogP contribution in [0.1, 0.15) is 28.5 Å². The second kappa shape index (κ2) is 10.1. The monoisotopic (exact) mass is 466 g/mol. The Hall–Kier alpha value is -3.25. The van der Waals surface area contributed by atoms with Gasteiger partial charge in [0.2, 0.25) is 17.2 Å². The SMILES string of the molecule is COP(=O)(OC)c1nc(C(c2ccccc2)c2ccccc2)oc1NCc1ccc(F)cc1. The van der Waals surface area contributed by atoms with Gasteiger partial charge in [-0.3, -0.25) is 4.57 Å². The van der Waals surface area contributed by atoms with Crippen LogP contribution in [0.3, 0.4) is 0 Å². The van der Waals surface area contributed by atoms with Gasteiger partial charge in [0, 0.05) is 20.8 Å². The van der Waals surface area contributed by atoms with E-state index in [4.69, 9.17) is 13.5 Å². The molecule has 0 aliphatic carbocycles. The first-order valence-electron chi connectivity index (χ1n) is 10.3. The number of halogens is 1. The highest BCUT2D eigenvalue weighted by Gasteiger charge is 2.36. The zero-order valence-corrected chi connectivity index (χ0v) is 19.2. The average molecular weight is 466 g/mol. The smallest absolute Gasteiger partial charge is 0.384 e. The highest BCUT2D eigenvalue weighted by Crippen LogP contribution is 2.48. The Balaban J connectivity index is 1.78. The minimum atomic E-state index is -3.73. The highest BCUT2D eigenvalue weighted by atomic mass is 31.2. The van der Waals surface area contributed by atoms with Crippen LogP contribution in [-0.2, 0) is 20.2 Å². The van der Waals surface area contributed by atoms with E-state index in [2.05, 4.69) is 10.3 Å². The fraction of sp³-hybridized carbons (Fsp3) is 0.160. The average Bonchev–Trinajstić information content (AvgIpc) is 3.29. The topological polar surface area (TPSA) is 73.6 Å². The van der Waals surface area contributed by atoms with Crippen LogP contribution in [-0.4, -0.2) is 19.2 Å². The van der Waals surface area contributed by atoms with Crippen LogP contribution in [0.2, 0.25) is 0 Å². The van der Waals surface area contributed by atoms with Crippen LogP contribution in [0.25, 0.3) is 0 Å². The van der Waals surface area contributed by atoms with Crippen LogP contribution < -0.4 is 10.8 Å². The molecule has 0 aliphatic heterocycles. The van der Waals surface area contributed by atoms with Crippen molar-refractivity contribution in [3.8, 4) is 0 Å². The molecule has 1 N–H and O–H groups in total. The number of oxazole rings is 1. The van der Waals surface area contributed by atoms with Gasteiger partial charge < -0.3 is 18.8 Å². The molecule has 0 unspecified atom stereocenters. The lowest BCUT2D eigenvalue weighted by molar-refractivity contribution is 0.286. The molecule has 0 aliphatic rings. The number of hydrogen-bond donors (Lipinski definition) is 1. The molecule has 6 nitrogen and oxygen atoms in total. The lowest BCUT2D eigenvalue weighted by Gasteiger charge is -2.14. The van der Waals surface area contributed by atoms with E-state index >= 15 is 0 Å². The number of nitrogens with zero attached hydrogens (tertiary/aromatic N) is 1. The summed E-state index contributed by atoms with van der Waals surface area (Å²) in [7, 11) is -1.13. The maximum Gasteiger partial charge on any atom is 0.384 e. The van der Waals surface area contributed by atoms with Gasteiger partial charge in [-0.05, 0) is 28.8 Å². The summed E-state index contributed by atoms with van der Waals surface area (Å²) < 4.78 is 43.1. The van der Waals surface area contributed by atoms with E-state index in [1.165, 1.54) is 26.4 Å². The van der Waals surface area contributed by atoms with Crippen molar-refractivity contribution in [1.82, 2.24) is 4.98 Å². The Morgan fingerprint density at radius 1 is 0.909 bits per heavy atom. The van der Waals surface area contributed by atoms with E-state index in [0.29, 0.717) is 12.4 Å². The van der Waals surface area contributed by atoms with Crippen LogP contribution in [0.4, 0.5) is 10.3 Å². The van der Waals surface area contributed by atoms with Crippen molar-refractivity contribution in [2.24, 2.45) is 0 Å². The molecule has 1 heterocycles. The number of nitrogens with one attached hydrogen (secondary N) is 1. The minimum Gasteiger partial charge on any atom is -0.423 e. The number of aromatic nitrogens is 1. The van der Waals surface area contributed by atoms with Crippen LogP contribution in [0, 0.1) is 5.82 Å². The Morgan fingerprint density at radius 3 is 1.97 bits per heavy atom. The van der Waals surface area contributed by atoms with Crippen molar-refractivity contribution < 1.29 is 22.4 Å². The van der Waals surface area contributed by atoms with Crippen molar-refractivity contribution in [3.05, 3.63) is 113 Å². The molecule has 8 heteroatoms. The quantitative estimate of drug-likeness (QED) is 0.318. The third kappa shape index (κ3) is 5.06. The normalized spacial score (nSPS) is 11.6. The molecule has 0 bridgehead atoms. The van der Waals surface area contributed by atoms with Crippen molar-refractivity contribution in [2.75, 3.05) is 19.5 Å². The third-order valence-corrected chi connectivity index (χ3v) is 7.03. The standard InChI is InChI=1S/C25H24FN2O4P/c1-30-33(29,31-2)25-24(27-17-18-13-15-21(26)16-14-18)32-23(28-25)22(19-9-5-3-6-10-19)20-11-7-4-8-12-20/h3-16,22,27H,17H2,1-2H3. The number of anilines is 1. The van der Waals surface area contributed by atoms with Gasteiger partial charge in [0.15, 0.2) is 0 Å². The lowest BCUT2D eigenvalue weighted by Crippen LogP contribution is -2.15. The van der Waals surface area contributed by atoms with Crippen molar-refractivity contribution in [1.29, 1.82) is 0 Å². The molecule has 170 valence electrons. The number of hydrogen-bond acceptors (Lipinski definition) is 6. The van der Waals surface area contributed by atoms with Gasteiger partial charge >= 0.3 is 7.60 Å². The second-order valence-electron chi connectivity index (χ2n) is 7.30. The summed E-state index contributed by atoms with van der Waals surface area (Å²) in [6.45, 7) is 0.302. The highest BCUT2D eigenvalue weighted by molar-refractivity contribution is 7.62. The molecular formula is C25H24FN2O4P. The minimum absolute atomic E-state index is 0.0569. The molecule has 3 aromatic carbocycles. The van der Waals surface area contributed by atoms with Crippen molar-refractivity contribution in [2.45, 2.75) is 12.5 Å². The predicted octanol–water partition coefficient (Wildman–Crippen LogP) is 5.72. The van der Waals surface area contributed by atoms with Gasteiger partial charge in [-0.15, -0.1) is 0 Å². The van der Waals surface area contributed by atoms with E-state index in [0.717, 1.165) is 16.7 Å². The molecule has 0 amide bonds. The van der Waals surface area contributed by atoms with Gasteiger partial charge in [0.25, 0.3) is 0 Å². The van der Waals surface area contributed by atoms with Gasteiger partial charge in [0.1, 0.15) is 5.82 Å².